The molecule has 1 heterocycles. The van der Waals surface area contributed by atoms with Crippen LogP contribution in [0.2, 0.25) is 0 Å². The zero-order valence-corrected chi connectivity index (χ0v) is 12.1. The molecule has 0 aromatic heterocycles. The fraction of sp³-hybridized carbons (Fsp3) is 0.625. The van der Waals surface area contributed by atoms with Crippen molar-refractivity contribution in [2.75, 3.05) is 51.6 Å². The van der Waals surface area contributed by atoms with Gasteiger partial charge in [0.25, 0.3) is 0 Å². The Balaban J connectivity index is 1.34. The monoisotopic (exact) mass is 275 g/mol. The van der Waals surface area contributed by atoms with Crippen molar-refractivity contribution in [3.63, 3.8) is 0 Å². The maximum absolute atomic E-state index is 5.86. The van der Waals surface area contributed by atoms with E-state index in [1.807, 2.05) is 24.3 Å². The van der Waals surface area contributed by atoms with Crippen molar-refractivity contribution in [2.45, 2.75) is 12.8 Å². The molecule has 20 heavy (non-hydrogen) atoms. The summed E-state index contributed by atoms with van der Waals surface area (Å²) >= 11 is 0. The summed E-state index contributed by atoms with van der Waals surface area (Å²) in [6.07, 6.45) is 2.90. The average molecular weight is 275 g/mol. The molecule has 1 aliphatic heterocycles. The summed E-state index contributed by atoms with van der Waals surface area (Å²) in [5.74, 6) is 1.81. The molecule has 0 amide bonds. The van der Waals surface area contributed by atoms with Crippen LogP contribution in [0.15, 0.2) is 24.3 Å². The lowest BCUT2D eigenvalue weighted by molar-refractivity contribution is 0.114. The Labute approximate surface area is 121 Å². The summed E-state index contributed by atoms with van der Waals surface area (Å²) in [7, 11) is 0. The zero-order valence-electron chi connectivity index (χ0n) is 12.1. The first-order valence-corrected chi connectivity index (χ1v) is 7.73. The van der Waals surface area contributed by atoms with Gasteiger partial charge in [-0.1, -0.05) is 12.1 Å². The lowest BCUT2D eigenvalue weighted by Gasteiger charge is -2.34. The van der Waals surface area contributed by atoms with Crippen molar-refractivity contribution in [1.82, 2.24) is 9.80 Å². The maximum Gasteiger partial charge on any atom is 0.142 e. The molecule has 1 aromatic carbocycles. The van der Waals surface area contributed by atoms with Gasteiger partial charge in [0.1, 0.15) is 12.4 Å². The quantitative estimate of drug-likeness (QED) is 0.802. The Morgan fingerprint density at radius 2 is 1.75 bits per heavy atom. The Kier molecular flexibility index (Phi) is 4.43. The summed E-state index contributed by atoms with van der Waals surface area (Å²) in [4.78, 5) is 5.10. The van der Waals surface area contributed by atoms with Crippen molar-refractivity contribution < 1.29 is 4.74 Å². The molecule has 0 unspecified atom stereocenters. The second-order valence-corrected chi connectivity index (χ2v) is 5.97. The van der Waals surface area contributed by atoms with Crippen molar-refractivity contribution >= 4 is 5.69 Å². The molecule has 1 saturated carbocycles. The largest absolute Gasteiger partial charge is 0.490 e. The summed E-state index contributed by atoms with van der Waals surface area (Å²) in [5, 5.41) is 0. The SMILES string of the molecule is Nc1ccccc1OCCN1CCN(CC2CC2)CC1. The molecule has 1 aromatic rings. The van der Waals surface area contributed by atoms with Crippen LogP contribution in [0.3, 0.4) is 0 Å². The molecule has 4 nitrogen and oxygen atoms in total. The Morgan fingerprint density at radius 3 is 2.45 bits per heavy atom. The van der Waals surface area contributed by atoms with Gasteiger partial charge in [-0.3, -0.25) is 4.90 Å². The summed E-state index contributed by atoms with van der Waals surface area (Å²) < 4.78 is 5.76. The number of para-hydroxylation sites is 2. The number of anilines is 1. The number of rotatable bonds is 6. The Morgan fingerprint density at radius 1 is 1.05 bits per heavy atom. The Bertz CT molecular complexity index is 425. The molecule has 2 aliphatic rings. The number of piperazine rings is 1. The Hall–Kier alpha value is -1.26. The van der Waals surface area contributed by atoms with E-state index in [1.165, 1.54) is 45.6 Å². The van der Waals surface area contributed by atoms with E-state index >= 15 is 0 Å². The highest BCUT2D eigenvalue weighted by molar-refractivity contribution is 5.51. The van der Waals surface area contributed by atoms with Gasteiger partial charge in [-0.15, -0.1) is 0 Å². The van der Waals surface area contributed by atoms with Gasteiger partial charge in [0.2, 0.25) is 0 Å². The van der Waals surface area contributed by atoms with Crippen molar-refractivity contribution in [2.24, 2.45) is 5.92 Å². The normalized spacial score (nSPS) is 21.0. The molecule has 0 radical (unpaired) electrons. The van der Waals surface area contributed by atoms with Gasteiger partial charge in [0, 0.05) is 39.3 Å². The van der Waals surface area contributed by atoms with Gasteiger partial charge < -0.3 is 15.4 Å². The molecule has 0 spiro atoms. The first kappa shape index (κ1) is 13.7. The summed E-state index contributed by atoms with van der Waals surface area (Å²) in [6.45, 7) is 7.79. The fourth-order valence-corrected chi connectivity index (χ4v) is 2.76. The minimum absolute atomic E-state index is 0.719. The molecular formula is C16H25N3O. The predicted octanol–water partition coefficient (Wildman–Crippen LogP) is 1.68. The second-order valence-electron chi connectivity index (χ2n) is 5.97. The van der Waals surface area contributed by atoms with Gasteiger partial charge >= 0.3 is 0 Å². The van der Waals surface area contributed by atoms with Crippen molar-refractivity contribution in [1.29, 1.82) is 0 Å². The second kappa shape index (κ2) is 6.46. The number of hydrogen-bond donors (Lipinski definition) is 1. The topological polar surface area (TPSA) is 41.7 Å². The molecular weight excluding hydrogens is 250 g/mol. The van der Waals surface area contributed by atoms with Crippen LogP contribution in [0, 0.1) is 5.92 Å². The first-order chi connectivity index (χ1) is 9.81. The van der Waals surface area contributed by atoms with Crippen LogP contribution in [0.1, 0.15) is 12.8 Å². The van der Waals surface area contributed by atoms with Gasteiger partial charge in [-0.05, 0) is 30.9 Å². The van der Waals surface area contributed by atoms with E-state index in [0.29, 0.717) is 0 Å². The number of nitrogens with zero attached hydrogens (tertiary/aromatic N) is 2. The predicted molar refractivity (Wildman–Crippen MR) is 82.0 cm³/mol. The molecule has 4 heteroatoms. The lowest BCUT2D eigenvalue weighted by atomic mass is 10.3. The van der Waals surface area contributed by atoms with E-state index < -0.39 is 0 Å². The lowest BCUT2D eigenvalue weighted by Crippen LogP contribution is -2.47. The number of nitrogen functional groups attached to an aromatic ring is 1. The molecule has 2 fully saturated rings. The molecule has 0 atom stereocenters. The number of ether oxygens (including phenoxy) is 1. The third kappa shape index (κ3) is 3.87. The van der Waals surface area contributed by atoms with Crippen LogP contribution >= 0.6 is 0 Å². The number of benzene rings is 1. The van der Waals surface area contributed by atoms with Crippen molar-refractivity contribution in [3.05, 3.63) is 24.3 Å². The summed E-state index contributed by atoms with van der Waals surface area (Å²) in [5.41, 5.74) is 6.59. The van der Waals surface area contributed by atoms with Crippen LogP contribution < -0.4 is 10.5 Å². The highest BCUT2D eigenvalue weighted by Crippen LogP contribution is 2.29. The molecule has 110 valence electrons. The number of hydrogen-bond acceptors (Lipinski definition) is 4. The molecule has 2 N–H and O–H groups in total. The molecule has 1 saturated heterocycles. The third-order valence-electron chi connectivity index (χ3n) is 4.26. The smallest absolute Gasteiger partial charge is 0.142 e. The highest BCUT2D eigenvalue weighted by atomic mass is 16.5. The highest BCUT2D eigenvalue weighted by Gasteiger charge is 2.26. The van der Waals surface area contributed by atoms with Gasteiger partial charge in [0.15, 0.2) is 0 Å². The van der Waals surface area contributed by atoms with Crippen LogP contribution in [-0.4, -0.2) is 55.7 Å². The van der Waals surface area contributed by atoms with Gasteiger partial charge in [0.05, 0.1) is 5.69 Å². The van der Waals surface area contributed by atoms with Crippen molar-refractivity contribution in [3.8, 4) is 5.75 Å². The molecule has 3 rings (SSSR count). The van der Waals surface area contributed by atoms with E-state index in [0.717, 1.165) is 30.5 Å². The van der Waals surface area contributed by atoms with Gasteiger partial charge in [-0.2, -0.15) is 0 Å². The van der Waals surface area contributed by atoms with E-state index in [-0.39, 0.29) is 0 Å². The molecule has 1 aliphatic carbocycles. The van der Waals surface area contributed by atoms with Crippen LogP contribution in [0.25, 0.3) is 0 Å². The first-order valence-electron chi connectivity index (χ1n) is 7.73. The minimum Gasteiger partial charge on any atom is -0.490 e. The molecule has 0 bridgehead atoms. The van der Waals surface area contributed by atoms with E-state index in [9.17, 15) is 0 Å². The standard InChI is InChI=1S/C16H25N3O/c17-15-3-1-2-4-16(15)20-12-11-18-7-9-19(10-8-18)13-14-5-6-14/h1-4,14H,5-13,17H2. The third-order valence-corrected chi connectivity index (χ3v) is 4.26. The van der Waals surface area contributed by atoms with E-state index in [2.05, 4.69) is 9.80 Å². The van der Waals surface area contributed by atoms with E-state index in [4.69, 9.17) is 10.5 Å². The maximum atomic E-state index is 5.86. The zero-order chi connectivity index (χ0) is 13.8. The van der Waals surface area contributed by atoms with E-state index in [1.54, 1.807) is 0 Å². The minimum atomic E-state index is 0.719. The van der Waals surface area contributed by atoms with Crippen LogP contribution in [0.4, 0.5) is 5.69 Å². The van der Waals surface area contributed by atoms with Crippen LogP contribution in [-0.2, 0) is 0 Å². The number of nitrogens with two attached hydrogens (primary N) is 1. The van der Waals surface area contributed by atoms with Crippen LogP contribution in [0.5, 0.6) is 5.75 Å². The fourth-order valence-electron chi connectivity index (χ4n) is 2.76. The average Bonchev–Trinajstić information content (AvgIpc) is 3.27. The van der Waals surface area contributed by atoms with Gasteiger partial charge in [-0.25, -0.2) is 0 Å². The summed E-state index contributed by atoms with van der Waals surface area (Å²) in [6, 6.07) is 7.71.